The third-order valence-corrected chi connectivity index (χ3v) is 5.03. The highest BCUT2D eigenvalue weighted by Crippen LogP contribution is 2.26. The number of methoxy groups -OCH3 is 1. The molecule has 0 aromatic heterocycles. The number of hydrogen-bond donors (Lipinski definition) is 1. The normalized spacial score (nSPS) is 24.0. The molecule has 3 nitrogen and oxygen atoms in total. The Balaban J connectivity index is 2.03. The van der Waals surface area contributed by atoms with Crippen LogP contribution in [0.15, 0.2) is 24.3 Å². The van der Waals surface area contributed by atoms with E-state index in [2.05, 4.69) is 49.4 Å². The van der Waals surface area contributed by atoms with Crippen LogP contribution >= 0.6 is 0 Å². The molecule has 1 aromatic rings. The highest BCUT2D eigenvalue weighted by Gasteiger charge is 2.29. The maximum absolute atomic E-state index is 5.48. The van der Waals surface area contributed by atoms with Gasteiger partial charge in [-0.1, -0.05) is 31.0 Å². The Morgan fingerprint density at radius 3 is 2.71 bits per heavy atom. The maximum atomic E-state index is 5.48. The van der Waals surface area contributed by atoms with E-state index in [4.69, 9.17) is 4.74 Å². The molecule has 2 rings (SSSR count). The first-order valence-corrected chi connectivity index (χ1v) is 8.18. The summed E-state index contributed by atoms with van der Waals surface area (Å²) in [6.45, 7) is 2.33. The Morgan fingerprint density at radius 1 is 1.29 bits per heavy atom. The van der Waals surface area contributed by atoms with Gasteiger partial charge in [0.1, 0.15) is 5.75 Å². The standard InChI is InChI=1S/C18H30N2O/c1-14(13-15-9-5-8-12-18(15)21-4)20(3)17-11-7-6-10-16(17)19-2/h5,8-9,12,14,16-17,19H,6-7,10-11,13H2,1-4H3. The molecule has 1 fully saturated rings. The number of benzene rings is 1. The summed E-state index contributed by atoms with van der Waals surface area (Å²) in [6, 6.07) is 10.2. The molecule has 0 spiro atoms. The van der Waals surface area contributed by atoms with Crippen LogP contribution in [0.4, 0.5) is 0 Å². The molecule has 118 valence electrons. The summed E-state index contributed by atoms with van der Waals surface area (Å²) in [6.07, 6.45) is 6.35. The van der Waals surface area contributed by atoms with Gasteiger partial charge in [0.2, 0.25) is 0 Å². The average molecular weight is 290 g/mol. The van der Waals surface area contributed by atoms with Crippen LogP contribution < -0.4 is 10.1 Å². The Morgan fingerprint density at radius 2 is 2.00 bits per heavy atom. The van der Waals surface area contributed by atoms with Crippen molar-refractivity contribution >= 4 is 0 Å². The van der Waals surface area contributed by atoms with Gasteiger partial charge in [0.05, 0.1) is 7.11 Å². The highest BCUT2D eigenvalue weighted by molar-refractivity contribution is 5.33. The van der Waals surface area contributed by atoms with E-state index in [0.717, 1.165) is 12.2 Å². The van der Waals surface area contributed by atoms with Gasteiger partial charge in [-0.3, -0.25) is 4.90 Å². The summed E-state index contributed by atoms with van der Waals surface area (Å²) in [5.41, 5.74) is 1.30. The zero-order valence-electron chi connectivity index (χ0n) is 13.9. The zero-order valence-corrected chi connectivity index (χ0v) is 13.9. The second-order valence-electron chi connectivity index (χ2n) is 6.28. The predicted molar refractivity (Wildman–Crippen MR) is 89.0 cm³/mol. The fourth-order valence-corrected chi connectivity index (χ4v) is 3.60. The molecule has 3 atom stereocenters. The lowest BCUT2D eigenvalue weighted by Crippen LogP contribution is -2.52. The average Bonchev–Trinajstić information content (AvgIpc) is 2.54. The lowest BCUT2D eigenvalue weighted by molar-refractivity contribution is 0.116. The van der Waals surface area contributed by atoms with Crippen molar-refractivity contribution in [2.24, 2.45) is 0 Å². The number of nitrogens with one attached hydrogen (secondary N) is 1. The van der Waals surface area contributed by atoms with Gasteiger partial charge >= 0.3 is 0 Å². The van der Waals surface area contributed by atoms with Crippen LogP contribution in [0, 0.1) is 0 Å². The van der Waals surface area contributed by atoms with Gasteiger partial charge in [-0.05, 0) is 51.9 Å². The maximum Gasteiger partial charge on any atom is 0.122 e. The van der Waals surface area contributed by atoms with Crippen LogP contribution in [0.25, 0.3) is 0 Å². The van der Waals surface area contributed by atoms with Crippen molar-refractivity contribution in [1.29, 1.82) is 0 Å². The van der Waals surface area contributed by atoms with Crippen molar-refractivity contribution in [3.8, 4) is 5.75 Å². The highest BCUT2D eigenvalue weighted by atomic mass is 16.5. The summed E-state index contributed by atoms with van der Waals surface area (Å²) in [4.78, 5) is 2.56. The SMILES string of the molecule is CNC1CCCCC1N(C)C(C)Cc1ccccc1OC. The van der Waals surface area contributed by atoms with Crippen molar-refractivity contribution in [3.05, 3.63) is 29.8 Å². The second-order valence-corrected chi connectivity index (χ2v) is 6.28. The molecule has 3 unspecified atom stereocenters. The van der Waals surface area contributed by atoms with E-state index in [1.807, 2.05) is 6.07 Å². The number of para-hydroxylation sites is 1. The molecule has 0 amide bonds. The molecule has 0 bridgehead atoms. The monoisotopic (exact) mass is 290 g/mol. The second kappa shape index (κ2) is 7.81. The third-order valence-electron chi connectivity index (χ3n) is 5.03. The third kappa shape index (κ3) is 3.98. The minimum atomic E-state index is 0.514. The van der Waals surface area contributed by atoms with Crippen molar-refractivity contribution in [3.63, 3.8) is 0 Å². The van der Waals surface area contributed by atoms with Gasteiger partial charge < -0.3 is 10.1 Å². The van der Waals surface area contributed by atoms with E-state index in [0.29, 0.717) is 18.1 Å². The topological polar surface area (TPSA) is 24.5 Å². The predicted octanol–water partition coefficient (Wildman–Crippen LogP) is 3.09. The number of hydrogen-bond acceptors (Lipinski definition) is 3. The Labute approximate surface area is 129 Å². The van der Waals surface area contributed by atoms with Crippen molar-refractivity contribution in [2.45, 2.75) is 57.2 Å². The first-order chi connectivity index (χ1) is 10.2. The lowest BCUT2D eigenvalue weighted by atomic mass is 9.88. The molecule has 1 aliphatic rings. The minimum absolute atomic E-state index is 0.514. The van der Waals surface area contributed by atoms with Crippen LogP contribution in [0.3, 0.4) is 0 Å². The summed E-state index contributed by atoms with van der Waals surface area (Å²) in [5.74, 6) is 1.01. The Kier molecular flexibility index (Phi) is 6.07. The van der Waals surface area contributed by atoms with E-state index in [9.17, 15) is 0 Å². The number of rotatable bonds is 6. The quantitative estimate of drug-likeness (QED) is 0.871. The summed E-state index contributed by atoms with van der Waals surface area (Å²) in [5, 5.41) is 3.51. The molecule has 1 aromatic carbocycles. The minimum Gasteiger partial charge on any atom is -0.496 e. The van der Waals surface area contributed by atoms with E-state index < -0.39 is 0 Å². The van der Waals surface area contributed by atoms with Crippen molar-refractivity contribution < 1.29 is 4.74 Å². The molecule has 1 N–H and O–H groups in total. The Bertz CT molecular complexity index is 435. The van der Waals surface area contributed by atoms with E-state index in [1.54, 1.807) is 7.11 Å². The smallest absolute Gasteiger partial charge is 0.122 e. The molecule has 21 heavy (non-hydrogen) atoms. The van der Waals surface area contributed by atoms with E-state index in [-0.39, 0.29) is 0 Å². The number of nitrogens with zero attached hydrogens (tertiary/aromatic N) is 1. The molecule has 1 aliphatic carbocycles. The number of likely N-dealkylation sites (N-methyl/N-ethyl adjacent to an activating group) is 2. The van der Waals surface area contributed by atoms with Gasteiger partial charge in [-0.15, -0.1) is 0 Å². The van der Waals surface area contributed by atoms with Crippen LogP contribution in [-0.4, -0.2) is 44.2 Å². The summed E-state index contributed by atoms with van der Waals surface area (Å²) < 4.78 is 5.48. The molecule has 3 heteroatoms. The number of ether oxygens (including phenoxy) is 1. The first-order valence-electron chi connectivity index (χ1n) is 8.18. The first kappa shape index (κ1) is 16.3. The van der Waals surface area contributed by atoms with Gasteiger partial charge in [-0.2, -0.15) is 0 Å². The molecule has 0 heterocycles. The molecular formula is C18H30N2O. The van der Waals surface area contributed by atoms with Gasteiger partial charge in [0, 0.05) is 18.1 Å². The van der Waals surface area contributed by atoms with Crippen LogP contribution in [0.2, 0.25) is 0 Å². The van der Waals surface area contributed by atoms with E-state index >= 15 is 0 Å². The Hall–Kier alpha value is -1.06. The van der Waals surface area contributed by atoms with Crippen LogP contribution in [0.1, 0.15) is 38.2 Å². The zero-order chi connectivity index (χ0) is 15.2. The largest absolute Gasteiger partial charge is 0.496 e. The van der Waals surface area contributed by atoms with Gasteiger partial charge in [0.25, 0.3) is 0 Å². The summed E-state index contributed by atoms with van der Waals surface area (Å²) >= 11 is 0. The van der Waals surface area contributed by atoms with Crippen LogP contribution in [-0.2, 0) is 6.42 Å². The van der Waals surface area contributed by atoms with Crippen molar-refractivity contribution in [1.82, 2.24) is 10.2 Å². The van der Waals surface area contributed by atoms with E-state index in [1.165, 1.54) is 31.2 Å². The molecular weight excluding hydrogens is 260 g/mol. The van der Waals surface area contributed by atoms with Gasteiger partial charge in [0.15, 0.2) is 0 Å². The molecule has 0 saturated heterocycles. The molecule has 0 aliphatic heterocycles. The molecule has 0 radical (unpaired) electrons. The molecule has 1 saturated carbocycles. The van der Waals surface area contributed by atoms with Gasteiger partial charge in [-0.25, -0.2) is 0 Å². The fraction of sp³-hybridized carbons (Fsp3) is 0.667. The summed E-state index contributed by atoms with van der Waals surface area (Å²) in [7, 11) is 6.13. The lowest BCUT2D eigenvalue weighted by Gasteiger charge is -2.41. The van der Waals surface area contributed by atoms with Crippen LogP contribution in [0.5, 0.6) is 5.75 Å². The fourth-order valence-electron chi connectivity index (χ4n) is 3.60. The van der Waals surface area contributed by atoms with Crippen molar-refractivity contribution in [2.75, 3.05) is 21.2 Å².